The summed E-state index contributed by atoms with van der Waals surface area (Å²) in [7, 11) is 1.53. The molecular weight excluding hydrogens is 446 g/mol. The highest BCUT2D eigenvalue weighted by Crippen LogP contribution is 2.38. The molecular formula is C23H28ClN5O4. The molecule has 9 nitrogen and oxygen atoms in total. The van der Waals surface area contributed by atoms with Crippen LogP contribution in [0, 0.1) is 6.92 Å². The SMILES string of the molecule is COCCOC(=O)N(N)[C@@]1(c2nc(-c3ccccc3O)nc3cc(C)ccc23)CCCN1.Cl. The van der Waals surface area contributed by atoms with Gasteiger partial charge in [0.15, 0.2) is 11.5 Å². The first kappa shape index (κ1) is 24.7. The Morgan fingerprint density at radius 3 is 2.73 bits per heavy atom. The molecule has 10 heteroatoms. The van der Waals surface area contributed by atoms with Crippen LogP contribution in [0.25, 0.3) is 22.3 Å². The average Bonchev–Trinajstić information content (AvgIpc) is 3.29. The zero-order valence-electron chi connectivity index (χ0n) is 18.6. The van der Waals surface area contributed by atoms with Crippen molar-refractivity contribution in [3.05, 3.63) is 53.7 Å². The van der Waals surface area contributed by atoms with Crippen LogP contribution < -0.4 is 11.2 Å². The number of halogens is 1. The number of aromatic nitrogens is 2. The van der Waals surface area contributed by atoms with Crippen molar-refractivity contribution in [2.45, 2.75) is 25.4 Å². The number of para-hydroxylation sites is 1. The van der Waals surface area contributed by atoms with Crippen molar-refractivity contribution >= 4 is 29.4 Å². The first-order chi connectivity index (χ1) is 15.5. The molecule has 0 spiro atoms. The van der Waals surface area contributed by atoms with Gasteiger partial charge < -0.3 is 14.6 Å². The Kier molecular flexibility index (Phi) is 7.70. The number of phenols is 1. The van der Waals surface area contributed by atoms with E-state index in [1.54, 1.807) is 18.2 Å². The molecule has 2 heterocycles. The summed E-state index contributed by atoms with van der Waals surface area (Å²) in [5, 5.41) is 15.6. The molecule has 3 aromatic rings. The number of hydrogen-bond acceptors (Lipinski definition) is 8. The molecule has 0 saturated carbocycles. The van der Waals surface area contributed by atoms with Crippen LogP contribution in [0.5, 0.6) is 5.75 Å². The number of carbonyl (C=O) groups is 1. The summed E-state index contributed by atoms with van der Waals surface area (Å²) in [5.41, 5.74) is 1.70. The smallest absolute Gasteiger partial charge is 0.426 e. The van der Waals surface area contributed by atoms with Gasteiger partial charge in [-0.15, -0.1) is 12.4 Å². The van der Waals surface area contributed by atoms with Gasteiger partial charge in [-0.25, -0.2) is 25.6 Å². The zero-order valence-corrected chi connectivity index (χ0v) is 19.4. The van der Waals surface area contributed by atoms with Gasteiger partial charge in [0, 0.05) is 12.5 Å². The lowest BCUT2D eigenvalue weighted by atomic mass is 9.97. The number of hydrazine groups is 1. The highest BCUT2D eigenvalue weighted by molar-refractivity contribution is 5.86. The standard InChI is InChI=1S/C23H27N5O4.ClH/c1-15-8-9-16-18(14-15)26-21(17-6-3-4-7-19(17)29)27-20(16)23(10-5-11-25-23)28(24)22(30)32-13-12-31-2;/h3-4,6-9,14,25,29H,5,10-13,24H2,1-2H3;1H/t23-;/m1./s1. The maximum absolute atomic E-state index is 12.8. The number of nitrogens with zero attached hydrogens (tertiary/aromatic N) is 3. The van der Waals surface area contributed by atoms with Crippen LogP contribution >= 0.6 is 12.4 Å². The van der Waals surface area contributed by atoms with E-state index in [-0.39, 0.29) is 31.4 Å². The molecule has 0 unspecified atom stereocenters. The van der Waals surface area contributed by atoms with E-state index in [4.69, 9.17) is 25.3 Å². The number of nitrogens with two attached hydrogens (primary N) is 1. The zero-order chi connectivity index (χ0) is 22.7. The number of carbonyl (C=O) groups excluding carboxylic acids is 1. The number of aromatic hydroxyl groups is 1. The summed E-state index contributed by atoms with van der Waals surface area (Å²) < 4.78 is 10.2. The maximum Gasteiger partial charge on any atom is 0.426 e. The third-order valence-electron chi connectivity index (χ3n) is 5.64. The Hall–Kier alpha value is -2.98. The number of nitrogens with one attached hydrogen (secondary N) is 1. The first-order valence-electron chi connectivity index (χ1n) is 10.5. The molecule has 4 N–H and O–H groups in total. The number of ether oxygens (including phenoxy) is 2. The van der Waals surface area contributed by atoms with Crippen LogP contribution in [0.3, 0.4) is 0 Å². The molecule has 0 radical (unpaired) electrons. The lowest BCUT2D eigenvalue weighted by molar-refractivity contribution is 0.0244. The molecule has 1 aromatic heterocycles. The molecule has 0 aliphatic carbocycles. The van der Waals surface area contributed by atoms with Gasteiger partial charge in [0.1, 0.15) is 12.4 Å². The quantitative estimate of drug-likeness (QED) is 0.216. The van der Waals surface area contributed by atoms with Crippen LogP contribution in [0.15, 0.2) is 42.5 Å². The van der Waals surface area contributed by atoms with E-state index < -0.39 is 11.8 Å². The van der Waals surface area contributed by atoms with Gasteiger partial charge in [0.05, 0.1) is 23.4 Å². The molecule has 0 bridgehead atoms. The van der Waals surface area contributed by atoms with Gasteiger partial charge in [-0.1, -0.05) is 24.3 Å². The molecule has 1 amide bonds. The summed E-state index contributed by atoms with van der Waals surface area (Å²) in [5.74, 6) is 6.78. The predicted molar refractivity (Wildman–Crippen MR) is 127 cm³/mol. The lowest BCUT2D eigenvalue weighted by Crippen LogP contribution is -2.59. The maximum atomic E-state index is 12.8. The van der Waals surface area contributed by atoms with E-state index in [1.165, 1.54) is 7.11 Å². The van der Waals surface area contributed by atoms with Crippen molar-refractivity contribution in [2.75, 3.05) is 26.9 Å². The minimum atomic E-state index is -1.08. The number of aryl methyl sites for hydroxylation is 1. The minimum absolute atomic E-state index is 0. The summed E-state index contributed by atoms with van der Waals surface area (Å²) >= 11 is 0. The largest absolute Gasteiger partial charge is 0.507 e. The summed E-state index contributed by atoms with van der Waals surface area (Å²) in [6, 6.07) is 12.7. The number of methoxy groups -OCH3 is 1. The first-order valence-corrected chi connectivity index (χ1v) is 10.5. The van der Waals surface area contributed by atoms with Crippen LogP contribution in [-0.2, 0) is 15.1 Å². The second kappa shape index (κ2) is 10.3. The van der Waals surface area contributed by atoms with Crippen molar-refractivity contribution in [2.24, 2.45) is 5.84 Å². The van der Waals surface area contributed by atoms with Crippen molar-refractivity contribution in [3.8, 4) is 17.1 Å². The fourth-order valence-corrected chi connectivity index (χ4v) is 4.03. The Labute approximate surface area is 198 Å². The van der Waals surface area contributed by atoms with Crippen molar-refractivity contribution in [1.82, 2.24) is 20.3 Å². The third-order valence-corrected chi connectivity index (χ3v) is 5.64. The molecule has 1 aliphatic rings. The summed E-state index contributed by atoms with van der Waals surface area (Å²) in [4.78, 5) is 22.3. The molecule has 1 atom stereocenters. The van der Waals surface area contributed by atoms with Crippen LogP contribution in [0.1, 0.15) is 24.1 Å². The molecule has 33 heavy (non-hydrogen) atoms. The lowest BCUT2D eigenvalue weighted by Gasteiger charge is -2.37. The van der Waals surface area contributed by atoms with E-state index in [1.807, 2.05) is 31.2 Å². The van der Waals surface area contributed by atoms with E-state index >= 15 is 0 Å². The van der Waals surface area contributed by atoms with Gasteiger partial charge in [0.2, 0.25) is 0 Å². The van der Waals surface area contributed by atoms with Crippen molar-refractivity contribution < 1.29 is 19.4 Å². The van der Waals surface area contributed by atoms with Crippen molar-refractivity contribution in [3.63, 3.8) is 0 Å². The van der Waals surface area contributed by atoms with E-state index in [0.29, 0.717) is 35.6 Å². The monoisotopic (exact) mass is 473 g/mol. The van der Waals surface area contributed by atoms with Gasteiger partial charge in [-0.2, -0.15) is 0 Å². The number of amides is 1. The molecule has 176 valence electrons. The molecule has 1 fully saturated rings. The van der Waals surface area contributed by atoms with Gasteiger partial charge >= 0.3 is 6.09 Å². The molecule has 1 saturated heterocycles. The highest BCUT2D eigenvalue weighted by Gasteiger charge is 2.46. The molecule has 4 rings (SSSR count). The number of benzene rings is 2. The van der Waals surface area contributed by atoms with Crippen LogP contribution in [0.2, 0.25) is 0 Å². The fourth-order valence-electron chi connectivity index (χ4n) is 4.03. The third kappa shape index (κ3) is 4.72. The van der Waals surface area contributed by atoms with Gasteiger partial charge in [-0.05, 0) is 50.1 Å². The Bertz CT molecular complexity index is 1140. The second-order valence-corrected chi connectivity index (χ2v) is 7.80. The highest BCUT2D eigenvalue weighted by atomic mass is 35.5. The van der Waals surface area contributed by atoms with E-state index in [9.17, 15) is 9.90 Å². The van der Waals surface area contributed by atoms with E-state index in [2.05, 4.69) is 5.32 Å². The molecule has 1 aliphatic heterocycles. The Balaban J connectivity index is 0.00000306. The normalized spacial score (nSPS) is 17.5. The predicted octanol–water partition coefficient (Wildman–Crippen LogP) is 3.23. The number of rotatable bonds is 6. The Morgan fingerprint density at radius 2 is 2.03 bits per heavy atom. The van der Waals surface area contributed by atoms with Crippen molar-refractivity contribution in [1.29, 1.82) is 0 Å². The van der Waals surface area contributed by atoms with Gasteiger partial charge in [0.25, 0.3) is 0 Å². The van der Waals surface area contributed by atoms with Crippen LogP contribution in [0.4, 0.5) is 4.79 Å². The van der Waals surface area contributed by atoms with Crippen LogP contribution in [-0.4, -0.2) is 53.0 Å². The number of phenolic OH excluding ortho intramolecular Hbond substituents is 1. The topological polar surface area (TPSA) is 123 Å². The number of fused-ring (bicyclic) bond motifs is 1. The molecule has 2 aromatic carbocycles. The summed E-state index contributed by atoms with van der Waals surface area (Å²) in [6.45, 7) is 2.99. The van der Waals surface area contributed by atoms with E-state index in [0.717, 1.165) is 22.4 Å². The Morgan fingerprint density at radius 1 is 1.24 bits per heavy atom. The average molecular weight is 474 g/mol. The fraction of sp³-hybridized carbons (Fsp3) is 0.348. The second-order valence-electron chi connectivity index (χ2n) is 7.80. The minimum Gasteiger partial charge on any atom is -0.507 e. The van der Waals surface area contributed by atoms with Gasteiger partial charge in [-0.3, -0.25) is 5.32 Å². The summed E-state index contributed by atoms with van der Waals surface area (Å²) in [6.07, 6.45) is 0.658. The number of hydrogen-bond donors (Lipinski definition) is 3.